The molecule has 0 aliphatic heterocycles. The Hall–Kier alpha value is -0.120. The van der Waals surface area contributed by atoms with Gasteiger partial charge in [-0.3, -0.25) is 0 Å². The summed E-state index contributed by atoms with van der Waals surface area (Å²) in [6, 6.07) is 0. The van der Waals surface area contributed by atoms with Crippen molar-refractivity contribution in [3.05, 3.63) is 0 Å². The summed E-state index contributed by atoms with van der Waals surface area (Å²) in [7, 11) is 0. The van der Waals surface area contributed by atoms with Crippen molar-refractivity contribution in [2.45, 2.75) is 38.8 Å². The third-order valence-corrected chi connectivity index (χ3v) is 1.49. The molecule has 1 atom stereocenters. The van der Waals surface area contributed by atoms with Gasteiger partial charge in [-0.1, -0.05) is 19.8 Å². The molecule has 0 saturated heterocycles. The molecule has 0 rings (SSSR count). The van der Waals surface area contributed by atoms with Crippen molar-refractivity contribution in [2.75, 3.05) is 13.2 Å². The topological polar surface area (TPSA) is 55.5 Å². The lowest BCUT2D eigenvalue weighted by Crippen LogP contribution is -2.25. The van der Waals surface area contributed by atoms with E-state index in [2.05, 4.69) is 6.92 Å². The lowest BCUT2D eigenvalue weighted by atomic mass is 10.3. The van der Waals surface area contributed by atoms with Crippen molar-refractivity contribution < 1.29 is 9.84 Å². The van der Waals surface area contributed by atoms with Gasteiger partial charge in [0, 0.05) is 19.6 Å². The standard InChI is InChI=1S/C8H19NO2/c1-2-3-4-7-11-8(9)5-6-10/h8,10H,2-7,9H2,1H3. The van der Waals surface area contributed by atoms with Gasteiger partial charge in [0.1, 0.15) is 6.23 Å². The van der Waals surface area contributed by atoms with Crippen LogP contribution in [0.25, 0.3) is 0 Å². The molecule has 0 bridgehead atoms. The van der Waals surface area contributed by atoms with E-state index in [9.17, 15) is 0 Å². The highest BCUT2D eigenvalue weighted by Gasteiger charge is 1.99. The van der Waals surface area contributed by atoms with E-state index in [1.54, 1.807) is 0 Å². The maximum Gasteiger partial charge on any atom is 0.107 e. The monoisotopic (exact) mass is 161 g/mol. The molecule has 3 nitrogen and oxygen atoms in total. The number of hydrogen-bond acceptors (Lipinski definition) is 3. The van der Waals surface area contributed by atoms with Crippen LogP contribution in [0.2, 0.25) is 0 Å². The first-order chi connectivity index (χ1) is 5.31. The summed E-state index contributed by atoms with van der Waals surface area (Å²) in [6.07, 6.45) is 3.70. The van der Waals surface area contributed by atoms with Crippen molar-refractivity contribution in [1.82, 2.24) is 0 Å². The third-order valence-electron chi connectivity index (χ3n) is 1.49. The average molecular weight is 161 g/mol. The van der Waals surface area contributed by atoms with Gasteiger partial charge < -0.3 is 15.6 Å². The van der Waals surface area contributed by atoms with Gasteiger partial charge in [-0.25, -0.2) is 0 Å². The highest BCUT2D eigenvalue weighted by Crippen LogP contribution is 1.96. The molecular formula is C8H19NO2. The van der Waals surface area contributed by atoms with Crippen LogP contribution < -0.4 is 5.73 Å². The van der Waals surface area contributed by atoms with Crippen molar-refractivity contribution in [2.24, 2.45) is 5.73 Å². The minimum Gasteiger partial charge on any atom is -0.396 e. The molecule has 0 heterocycles. The van der Waals surface area contributed by atoms with Crippen LogP contribution in [0.4, 0.5) is 0 Å². The van der Waals surface area contributed by atoms with E-state index < -0.39 is 0 Å². The van der Waals surface area contributed by atoms with E-state index >= 15 is 0 Å². The number of aliphatic hydroxyl groups is 1. The summed E-state index contributed by atoms with van der Waals surface area (Å²) in [5.74, 6) is 0. The first-order valence-electron chi connectivity index (χ1n) is 4.29. The van der Waals surface area contributed by atoms with Crippen molar-refractivity contribution >= 4 is 0 Å². The Morgan fingerprint density at radius 2 is 2.18 bits per heavy atom. The van der Waals surface area contributed by atoms with Crippen LogP contribution in [-0.2, 0) is 4.74 Å². The fraction of sp³-hybridized carbons (Fsp3) is 1.00. The summed E-state index contributed by atoms with van der Waals surface area (Å²) in [5.41, 5.74) is 5.48. The quantitative estimate of drug-likeness (QED) is 0.430. The van der Waals surface area contributed by atoms with Gasteiger partial charge in [-0.2, -0.15) is 0 Å². The van der Waals surface area contributed by atoms with Crippen molar-refractivity contribution in [1.29, 1.82) is 0 Å². The number of ether oxygens (including phenoxy) is 1. The van der Waals surface area contributed by atoms with Crippen molar-refractivity contribution in [3.8, 4) is 0 Å². The van der Waals surface area contributed by atoms with Crippen LogP contribution in [0.15, 0.2) is 0 Å². The van der Waals surface area contributed by atoms with Gasteiger partial charge >= 0.3 is 0 Å². The molecule has 0 aromatic rings. The van der Waals surface area contributed by atoms with Crippen molar-refractivity contribution in [3.63, 3.8) is 0 Å². The Bertz CT molecular complexity index is 78.5. The SMILES string of the molecule is CCCCCOC(N)CCO. The van der Waals surface area contributed by atoms with Crippen LogP contribution in [0, 0.1) is 0 Å². The molecule has 0 fully saturated rings. The van der Waals surface area contributed by atoms with Gasteiger partial charge in [0.15, 0.2) is 0 Å². The summed E-state index contributed by atoms with van der Waals surface area (Å²) in [5, 5.41) is 8.48. The fourth-order valence-electron chi connectivity index (χ4n) is 0.797. The molecule has 3 heteroatoms. The zero-order chi connectivity index (χ0) is 8.53. The summed E-state index contributed by atoms with van der Waals surface area (Å²) in [4.78, 5) is 0. The molecule has 3 N–H and O–H groups in total. The normalized spacial score (nSPS) is 13.4. The molecule has 1 unspecified atom stereocenters. The maximum atomic E-state index is 8.48. The molecule has 68 valence electrons. The summed E-state index contributed by atoms with van der Waals surface area (Å²) >= 11 is 0. The first-order valence-corrected chi connectivity index (χ1v) is 4.29. The minimum atomic E-state index is -0.281. The third kappa shape index (κ3) is 7.78. The maximum absolute atomic E-state index is 8.48. The zero-order valence-electron chi connectivity index (χ0n) is 7.25. The molecule has 0 radical (unpaired) electrons. The number of hydrogen-bond donors (Lipinski definition) is 2. The summed E-state index contributed by atoms with van der Waals surface area (Å²) < 4.78 is 5.20. The van der Waals surface area contributed by atoms with E-state index in [1.165, 1.54) is 12.8 Å². The molecule has 11 heavy (non-hydrogen) atoms. The smallest absolute Gasteiger partial charge is 0.107 e. The molecule has 0 aliphatic rings. The van der Waals surface area contributed by atoms with Gasteiger partial charge in [0.05, 0.1) is 0 Å². The van der Waals surface area contributed by atoms with E-state index in [0.717, 1.165) is 13.0 Å². The fourth-order valence-corrected chi connectivity index (χ4v) is 0.797. The Morgan fingerprint density at radius 3 is 2.73 bits per heavy atom. The number of rotatable bonds is 7. The Morgan fingerprint density at radius 1 is 1.45 bits per heavy atom. The van der Waals surface area contributed by atoms with Gasteiger partial charge in [0.25, 0.3) is 0 Å². The second-order valence-electron chi connectivity index (χ2n) is 2.63. The van der Waals surface area contributed by atoms with Gasteiger partial charge in [-0.05, 0) is 6.42 Å². The minimum absolute atomic E-state index is 0.106. The van der Waals surface area contributed by atoms with E-state index in [0.29, 0.717) is 6.42 Å². The molecule has 0 aromatic carbocycles. The van der Waals surface area contributed by atoms with E-state index in [-0.39, 0.29) is 12.8 Å². The van der Waals surface area contributed by atoms with Gasteiger partial charge in [0.2, 0.25) is 0 Å². The zero-order valence-corrected chi connectivity index (χ0v) is 7.25. The predicted octanol–water partition coefficient (Wildman–Crippen LogP) is 0.860. The largest absolute Gasteiger partial charge is 0.396 e. The van der Waals surface area contributed by atoms with E-state index in [4.69, 9.17) is 15.6 Å². The van der Waals surface area contributed by atoms with Crippen LogP contribution in [-0.4, -0.2) is 24.5 Å². The Labute approximate surface area is 68.5 Å². The van der Waals surface area contributed by atoms with Crippen LogP contribution in [0.3, 0.4) is 0 Å². The molecule has 0 aromatic heterocycles. The molecule has 0 aliphatic carbocycles. The molecular weight excluding hydrogens is 142 g/mol. The Balaban J connectivity index is 2.97. The number of unbranched alkanes of at least 4 members (excludes halogenated alkanes) is 2. The number of nitrogens with two attached hydrogens (primary N) is 1. The van der Waals surface area contributed by atoms with Crippen LogP contribution in [0.1, 0.15) is 32.6 Å². The van der Waals surface area contributed by atoms with E-state index in [1.807, 2.05) is 0 Å². The second-order valence-corrected chi connectivity index (χ2v) is 2.63. The highest BCUT2D eigenvalue weighted by molar-refractivity contribution is 4.46. The van der Waals surface area contributed by atoms with Gasteiger partial charge in [-0.15, -0.1) is 0 Å². The highest BCUT2D eigenvalue weighted by atomic mass is 16.5. The second kappa shape index (κ2) is 7.98. The lowest BCUT2D eigenvalue weighted by molar-refractivity contribution is 0.0379. The molecule has 0 spiro atoms. The van der Waals surface area contributed by atoms with Crippen LogP contribution in [0.5, 0.6) is 0 Å². The lowest BCUT2D eigenvalue weighted by Gasteiger charge is -2.10. The molecule has 0 saturated carbocycles. The van der Waals surface area contributed by atoms with Crippen LogP contribution >= 0.6 is 0 Å². The average Bonchev–Trinajstić information content (AvgIpc) is 1.99. The molecule has 0 amide bonds. The first kappa shape index (κ1) is 10.9. The predicted molar refractivity (Wildman–Crippen MR) is 45.2 cm³/mol. The number of aliphatic hydroxyl groups excluding tert-OH is 1. The Kier molecular flexibility index (Phi) is 7.89. The summed E-state index contributed by atoms with van der Waals surface area (Å²) in [6.45, 7) is 2.97.